The third kappa shape index (κ3) is 2.70. The maximum atomic E-state index is 12.6. The first-order valence-electron chi connectivity index (χ1n) is 7.98. The third-order valence-electron chi connectivity index (χ3n) is 4.08. The number of hydrogen-bond donors (Lipinski definition) is 1. The van der Waals surface area contributed by atoms with Crippen LogP contribution in [0.4, 0.5) is 5.69 Å². The van der Waals surface area contributed by atoms with Crippen LogP contribution < -0.4 is 10.9 Å². The van der Waals surface area contributed by atoms with E-state index in [9.17, 15) is 9.59 Å². The second-order valence-electron chi connectivity index (χ2n) is 5.63. The summed E-state index contributed by atoms with van der Waals surface area (Å²) in [6, 6.07) is 16.5. The van der Waals surface area contributed by atoms with E-state index in [0.29, 0.717) is 9.84 Å². The number of aryl methyl sites for hydroxylation is 1. The molecule has 4 rings (SSSR count). The minimum absolute atomic E-state index is 0.253. The maximum Gasteiger partial charge on any atom is 0.266 e. The summed E-state index contributed by atoms with van der Waals surface area (Å²) in [5, 5.41) is 2.90. The van der Waals surface area contributed by atoms with Gasteiger partial charge in [0.1, 0.15) is 4.88 Å². The molecule has 124 valence electrons. The lowest BCUT2D eigenvalue weighted by atomic mass is 10.1. The Labute approximate surface area is 147 Å². The fourth-order valence-electron chi connectivity index (χ4n) is 2.84. The third-order valence-corrected chi connectivity index (χ3v) is 5.06. The summed E-state index contributed by atoms with van der Waals surface area (Å²) < 4.78 is 1.54. The Hall–Kier alpha value is -2.99. The van der Waals surface area contributed by atoms with Gasteiger partial charge in [0.25, 0.3) is 11.5 Å². The van der Waals surface area contributed by atoms with Gasteiger partial charge in [-0.2, -0.15) is 0 Å². The van der Waals surface area contributed by atoms with Gasteiger partial charge in [0.15, 0.2) is 4.96 Å². The zero-order chi connectivity index (χ0) is 17.4. The van der Waals surface area contributed by atoms with E-state index >= 15 is 0 Å². The highest BCUT2D eigenvalue weighted by atomic mass is 32.1. The highest BCUT2D eigenvalue weighted by molar-refractivity contribution is 7.18. The lowest BCUT2D eigenvalue weighted by molar-refractivity contribution is 0.103. The number of fused-ring (bicyclic) bond motifs is 3. The topological polar surface area (TPSA) is 63.5 Å². The van der Waals surface area contributed by atoms with Crippen LogP contribution in [-0.2, 0) is 6.42 Å². The molecule has 0 atom stereocenters. The lowest BCUT2D eigenvalue weighted by Gasteiger charge is -2.09. The molecule has 6 heteroatoms. The van der Waals surface area contributed by atoms with E-state index in [1.165, 1.54) is 21.8 Å². The van der Waals surface area contributed by atoms with E-state index < -0.39 is 0 Å². The minimum atomic E-state index is -0.294. The van der Waals surface area contributed by atoms with Gasteiger partial charge in [0.2, 0.25) is 0 Å². The van der Waals surface area contributed by atoms with Crippen molar-refractivity contribution in [1.29, 1.82) is 0 Å². The lowest BCUT2D eigenvalue weighted by Crippen LogP contribution is -2.17. The molecular formula is C19H15N3O2S. The quantitative estimate of drug-likeness (QED) is 0.613. The molecule has 2 aromatic carbocycles. The molecule has 0 aliphatic carbocycles. The van der Waals surface area contributed by atoms with Crippen LogP contribution in [0, 0.1) is 0 Å². The molecule has 0 saturated carbocycles. The minimum Gasteiger partial charge on any atom is -0.321 e. The van der Waals surface area contributed by atoms with Crippen molar-refractivity contribution in [3.05, 3.63) is 75.4 Å². The van der Waals surface area contributed by atoms with Gasteiger partial charge in [-0.25, -0.2) is 4.98 Å². The average molecular weight is 349 g/mol. The van der Waals surface area contributed by atoms with E-state index in [1.807, 2.05) is 55.5 Å². The molecule has 4 aromatic rings. The monoisotopic (exact) mass is 349 g/mol. The highest BCUT2D eigenvalue weighted by Crippen LogP contribution is 2.21. The van der Waals surface area contributed by atoms with Gasteiger partial charge in [-0.3, -0.25) is 14.0 Å². The Balaban J connectivity index is 1.77. The summed E-state index contributed by atoms with van der Waals surface area (Å²) in [6.07, 6.45) is 0.817. The molecule has 0 aliphatic rings. The van der Waals surface area contributed by atoms with Crippen LogP contribution in [-0.4, -0.2) is 15.3 Å². The SMILES string of the molecule is CCc1ccccc1NC(=O)c1cc(=O)n2c(nc3ccccc32)s1. The number of amides is 1. The average Bonchev–Trinajstić information content (AvgIpc) is 3.01. The first kappa shape index (κ1) is 15.5. The molecule has 0 saturated heterocycles. The molecule has 0 unspecified atom stereocenters. The number of benzene rings is 2. The number of nitrogens with zero attached hydrogens (tertiary/aromatic N) is 2. The van der Waals surface area contributed by atoms with E-state index in [0.717, 1.165) is 28.7 Å². The Morgan fingerprint density at radius 2 is 1.92 bits per heavy atom. The molecular weight excluding hydrogens is 334 g/mol. The first-order chi connectivity index (χ1) is 12.2. The van der Waals surface area contributed by atoms with Gasteiger partial charge in [-0.15, -0.1) is 0 Å². The van der Waals surface area contributed by atoms with Crippen molar-refractivity contribution in [1.82, 2.24) is 9.38 Å². The zero-order valence-electron chi connectivity index (χ0n) is 13.5. The first-order valence-corrected chi connectivity index (χ1v) is 8.79. The van der Waals surface area contributed by atoms with E-state index in [4.69, 9.17) is 0 Å². The number of aromatic nitrogens is 2. The molecule has 1 N–H and O–H groups in total. The summed E-state index contributed by atoms with van der Waals surface area (Å²) >= 11 is 1.21. The molecule has 0 bridgehead atoms. The zero-order valence-corrected chi connectivity index (χ0v) is 14.3. The smallest absolute Gasteiger partial charge is 0.266 e. The summed E-state index contributed by atoms with van der Waals surface area (Å²) in [5.41, 5.74) is 3.06. The van der Waals surface area contributed by atoms with Gasteiger partial charge in [-0.05, 0) is 30.2 Å². The number of rotatable bonds is 3. The second kappa shape index (κ2) is 6.14. The number of imidazole rings is 1. The molecule has 2 heterocycles. The fourth-order valence-corrected chi connectivity index (χ4v) is 3.76. The van der Waals surface area contributed by atoms with Crippen LogP contribution in [0.5, 0.6) is 0 Å². The van der Waals surface area contributed by atoms with Crippen LogP contribution in [0.2, 0.25) is 0 Å². The van der Waals surface area contributed by atoms with Gasteiger partial charge < -0.3 is 5.32 Å². The molecule has 1 amide bonds. The number of carbonyl (C=O) groups excluding carboxylic acids is 1. The van der Waals surface area contributed by atoms with Crippen molar-refractivity contribution in [2.75, 3.05) is 5.32 Å². The van der Waals surface area contributed by atoms with Gasteiger partial charge in [0, 0.05) is 11.8 Å². The molecule has 5 nitrogen and oxygen atoms in total. The van der Waals surface area contributed by atoms with Crippen LogP contribution in [0.3, 0.4) is 0 Å². The Kier molecular flexibility index (Phi) is 3.82. The van der Waals surface area contributed by atoms with E-state index in [-0.39, 0.29) is 11.5 Å². The van der Waals surface area contributed by atoms with Crippen LogP contribution in [0.25, 0.3) is 16.0 Å². The predicted octanol–water partition coefficient (Wildman–Crippen LogP) is 3.72. The Morgan fingerprint density at radius 1 is 1.16 bits per heavy atom. The van der Waals surface area contributed by atoms with Crippen molar-refractivity contribution in [3.63, 3.8) is 0 Å². The summed E-state index contributed by atoms with van der Waals surface area (Å²) in [6.45, 7) is 2.03. The van der Waals surface area contributed by atoms with E-state index in [2.05, 4.69) is 10.3 Å². The van der Waals surface area contributed by atoms with Crippen molar-refractivity contribution >= 4 is 38.9 Å². The van der Waals surface area contributed by atoms with Crippen molar-refractivity contribution in [2.24, 2.45) is 0 Å². The fraction of sp³-hybridized carbons (Fsp3) is 0.105. The number of anilines is 1. The van der Waals surface area contributed by atoms with Crippen molar-refractivity contribution in [2.45, 2.75) is 13.3 Å². The molecule has 0 spiro atoms. The van der Waals surface area contributed by atoms with Crippen molar-refractivity contribution < 1.29 is 4.79 Å². The highest BCUT2D eigenvalue weighted by Gasteiger charge is 2.14. The maximum absolute atomic E-state index is 12.6. The predicted molar refractivity (Wildman–Crippen MR) is 101 cm³/mol. The van der Waals surface area contributed by atoms with Crippen LogP contribution in [0.15, 0.2) is 59.4 Å². The standard InChI is InChI=1S/C19H15N3O2S/c1-2-12-7-3-4-8-13(12)20-18(24)16-11-17(23)22-15-10-6-5-9-14(15)21-19(22)25-16/h3-11H,2H2,1H3,(H,20,24). The van der Waals surface area contributed by atoms with Gasteiger partial charge in [0.05, 0.1) is 11.0 Å². The normalized spacial score (nSPS) is 11.1. The number of hydrogen-bond acceptors (Lipinski definition) is 4. The number of nitrogens with one attached hydrogen (secondary N) is 1. The molecule has 0 fully saturated rings. The Bertz CT molecular complexity index is 1160. The Morgan fingerprint density at radius 3 is 2.76 bits per heavy atom. The molecule has 2 aromatic heterocycles. The summed E-state index contributed by atoms with van der Waals surface area (Å²) in [5.74, 6) is -0.294. The van der Waals surface area contributed by atoms with Gasteiger partial charge >= 0.3 is 0 Å². The number of para-hydroxylation sites is 3. The van der Waals surface area contributed by atoms with Crippen LogP contribution in [0.1, 0.15) is 22.2 Å². The van der Waals surface area contributed by atoms with Gasteiger partial charge in [-0.1, -0.05) is 48.6 Å². The summed E-state index contributed by atoms with van der Waals surface area (Å²) in [4.78, 5) is 30.4. The molecule has 0 radical (unpaired) electrons. The molecule has 0 aliphatic heterocycles. The number of carbonyl (C=O) groups is 1. The van der Waals surface area contributed by atoms with E-state index in [1.54, 1.807) is 0 Å². The van der Waals surface area contributed by atoms with Crippen molar-refractivity contribution in [3.8, 4) is 0 Å². The second-order valence-corrected chi connectivity index (χ2v) is 6.64. The van der Waals surface area contributed by atoms with Crippen LogP contribution >= 0.6 is 11.3 Å². The largest absolute Gasteiger partial charge is 0.321 e. The summed E-state index contributed by atoms with van der Waals surface area (Å²) in [7, 11) is 0. The molecule has 25 heavy (non-hydrogen) atoms.